The van der Waals surface area contributed by atoms with Crippen molar-refractivity contribution in [3.8, 4) is 11.5 Å². The number of nitrogens with one attached hydrogen (secondary N) is 1. The number of carbonyl (C=O) groups excluding carboxylic acids is 2. The van der Waals surface area contributed by atoms with Gasteiger partial charge >= 0.3 is 0 Å². The molecule has 1 N–H and O–H groups in total. The van der Waals surface area contributed by atoms with Crippen molar-refractivity contribution < 1.29 is 19.1 Å². The number of nitrogens with zero attached hydrogens (tertiary/aromatic N) is 2. The van der Waals surface area contributed by atoms with Crippen molar-refractivity contribution >= 4 is 29.5 Å². The molecule has 0 spiro atoms. The van der Waals surface area contributed by atoms with Gasteiger partial charge in [-0.2, -0.15) is 0 Å². The van der Waals surface area contributed by atoms with Gasteiger partial charge in [-0.1, -0.05) is 24.3 Å². The molecule has 2 aliphatic rings. The first-order valence-electron chi connectivity index (χ1n) is 7.99. The molecular formula is C19H15N3O4. The van der Waals surface area contributed by atoms with Crippen LogP contribution in [0.15, 0.2) is 59.2 Å². The highest BCUT2D eigenvalue weighted by molar-refractivity contribution is 6.25. The summed E-state index contributed by atoms with van der Waals surface area (Å²) < 4.78 is 10.6. The van der Waals surface area contributed by atoms with E-state index in [4.69, 9.17) is 9.47 Å². The fourth-order valence-electron chi connectivity index (χ4n) is 2.75. The standard InChI is InChI=1S/C19H15N3O4/c1-12(23)22(14-5-3-2-4-6-14)19-20-15(18(24)21-19)9-13-7-8-16-17(10-13)26-11-25-16/h2-10H,11H2,1H3,(H,20,21,24)/b15-9-. The summed E-state index contributed by atoms with van der Waals surface area (Å²) in [5.74, 6) is 0.843. The second kappa shape index (κ2) is 6.36. The van der Waals surface area contributed by atoms with E-state index in [-0.39, 0.29) is 30.3 Å². The number of rotatable bonds is 2. The highest BCUT2D eigenvalue weighted by Crippen LogP contribution is 2.33. The van der Waals surface area contributed by atoms with Gasteiger partial charge in [-0.15, -0.1) is 0 Å². The summed E-state index contributed by atoms with van der Waals surface area (Å²) in [4.78, 5) is 30.0. The van der Waals surface area contributed by atoms with Crippen LogP contribution in [-0.2, 0) is 9.59 Å². The highest BCUT2D eigenvalue weighted by atomic mass is 16.7. The van der Waals surface area contributed by atoms with E-state index in [9.17, 15) is 9.59 Å². The zero-order chi connectivity index (χ0) is 18.1. The second-order valence-corrected chi connectivity index (χ2v) is 5.72. The van der Waals surface area contributed by atoms with Crippen LogP contribution in [0.5, 0.6) is 11.5 Å². The number of carbonyl (C=O) groups is 2. The Labute approximate surface area is 149 Å². The Hall–Kier alpha value is -3.61. The first-order valence-corrected chi connectivity index (χ1v) is 7.99. The van der Waals surface area contributed by atoms with E-state index in [1.807, 2.05) is 18.2 Å². The lowest BCUT2D eigenvalue weighted by Gasteiger charge is -2.19. The van der Waals surface area contributed by atoms with Crippen LogP contribution in [0.4, 0.5) is 5.69 Å². The van der Waals surface area contributed by atoms with Crippen LogP contribution in [-0.4, -0.2) is 24.6 Å². The number of benzene rings is 2. The van der Waals surface area contributed by atoms with Gasteiger partial charge in [0.05, 0.1) is 5.69 Å². The number of hydrogen-bond donors (Lipinski definition) is 1. The maximum atomic E-state index is 12.3. The van der Waals surface area contributed by atoms with Crippen LogP contribution in [0.3, 0.4) is 0 Å². The molecule has 2 aromatic carbocycles. The summed E-state index contributed by atoms with van der Waals surface area (Å²) in [6.07, 6.45) is 1.63. The summed E-state index contributed by atoms with van der Waals surface area (Å²) in [6, 6.07) is 14.4. The molecule has 0 fully saturated rings. The number of para-hydroxylation sites is 1. The van der Waals surface area contributed by atoms with Crippen molar-refractivity contribution in [3.05, 3.63) is 59.8 Å². The Morgan fingerprint density at radius 3 is 2.69 bits per heavy atom. The molecule has 2 aliphatic heterocycles. The predicted molar refractivity (Wildman–Crippen MR) is 95.7 cm³/mol. The minimum atomic E-state index is -0.375. The number of amides is 2. The summed E-state index contributed by atoms with van der Waals surface area (Å²) in [7, 11) is 0. The Morgan fingerprint density at radius 2 is 1.92 bits per heavy atom. The SMILES string of the molecule is CC(=O)N(C1=N/C(=C\c2ccc3c(c2)OCO3)C(=O)N1)c1ccccc1. The zero-order valence-electron chi connectivity index (χ0n) is 13.9. The van der Waals surface area contributed by atoms with E-state index in [2.05, 4.69) is 10.3 Å². The van der Waals surface area contributed by atoms with Gasteiger partial charge in [0, 0.05) is 6.92 Å². The molecule has 2 aromatic rings. The predicted octanol–water partition coefficient (Wildman–Crippen LogP) is 2.30. The largest absolute Gasteiger partial charge is 0.454 e. The third-order valence-corrected chi connectivity index (χ3v) is 3.93. The minimum Gasteiger partial charge on any atom is -0.454 e. The molecule has 7 nitrogen and oxygen atoms in total. The average molecular weight is 349 g/mol. The summed E-state index contributed by atoms with van der Waals surface area (Å²) >= 11 is 0. The topological polar surface area (TPSA) is 80.2 Å². The summed E-state index contributed by atoms with van der Waals surface area (Å²) in [5, 5.41) is 2.65. The number of aliphatic imine (C=N–C) groups is 1. The minimum absolute atomic E-state index is 0.181. The normalized spacial score (nSPS) is 16.4. The van der Waals surface area contributed by atoms with E-state index in [0.717, 1.165) is 5.56 Å². The molecule has 2 heterocycles. The van der Waals surface area contributed by atoms with Gasteiger partial charge in [0.2, 0.25) is 18.7 Å². The van der Waals surface area contributed by atoms with Crippen molar-refractivity contribution in [1.82, 2.24) is 5.32 Å². The van der Waals surface area contributed by atoms with E-state index in [1.54, 1.807) is 36.4 Å². The van der Waals surface area contributed by atoms with Crippen molar-refractivity contribution in [1.29, 1.82) is 0 Å². The Morgan fingerprint density at radius 1 is 1.15 bits per heavy atom. The van der Waals surface area contributed by atoms with Gasteiger partial charge in [0.1, 0.15) is 5.70 Å². The maximum Gasteiger partial charge on any atom is 0.276 e. The summed E-state index contributed by atoms with van der Waals surface area (Å²) in [5.41, 5.74) is 1.59. The molecule has 130 valence electrons. The van der Waals surface area contributed by atoms with Gasteiger partial charge in [-0.25, -0.2) is 4.99 Å². The molecule has 2 amide bonds. The molecule has 0 atom stereocenters. The zero-order valence-corrected chi connectivity index (χ0v) is 13.9. The van der Waals surface area contributed by atoms with Crippen molar-refractivity contribution in [2.75, 3.05) is 11.7 Å². The molecule has 0 bridgehead atoms. The molecule has 7 heteroatoms. The molecule has 0 unspecified atom stereocenters. The van der Waals surface area contributed by atoms with Gasteiger partial charge in [-0.3, -0.25) is 19.8 Å². The fraction of sp³-hybridized carbons (Fsp3) is 0.105. The van der Waals surface area contributed by atoms with Crippen molar-refractivity contribution in [2.45, 2.75) is 6.92 Å². The van der Waals surface area contributed by atoms with Crippen LogP contribution in [0, 0.1) is 0 Å². The van der Waals surface area contributed by atoms with Crippen LogP contribution >= 0.6 is 0 Å². The van der Waals surface area contributed by atoms with Gasteiger partial charge < -0.3 is 9.47 Å². The Balaban J connectivity index is 1.67. The second-order valence-electron chi connectivity index (χ2n) is 5.72. The fourth-order valence-corrected chi connectivity index (χ4v) is 2.75. The third-order valence-electron chi connectivity index (χ3n) is 3.93. The molecule has 26 heavy (non-hydrogen) atoms. The van der Waals surface area contributed by atoms with Gasteiger partial charge in [-0.05, 0) is 35.9 Å². The van der Waals surface area contributed by atoms with Gasteiger partial charge in [0.15, 0.2) is 11.5 Å². The van der Waals surface area contributed by atoms with Crippen molar-refractivity contribution in [3.63, 3.8) is 0 Å². The monoisotopic (exact) mass is 349 g/mol. The quantitative estimate of drug-likeness (QED) is 0.844. The highest BCUT2D eigenvalue weighted by Gasteiger charge is 2.28. The number of ether oxygens (including phenoxy) is 2. The first-order chi connectivity index (χ1) is 12.6. The molecule has 0 radical (unpaired) electrons. The first kappa shape index (κ1) is 15.9. The lowest BCUT2D eigenvalue weighted by Crippen LogP contribution is -2.43. The lowest BCUT2D eigenvalue weighted by atomic mass is 10.1. The molecule has 0 saturated heterocycles. The number of guanidine groups is 1. The molecule has 0 aliphatic carbocycles. The summed E-state index contributed by atoms with van der Waals surface area (Å²) in [6.45, 7) is 1.60. The molecule has 0 aromatic heterocycles. The van der Waals surface area contributed by atoms with E-state index in [1.165, 1.54) is 11.8 Å². The van der Waals surface area contributed by atoms with E-state index in [0.29, 0.717) is 17.2 Å². The lowest BCUT2D eigenvalue weighted by molar-refractivity contribution is -0.115. The molecule has 0 saturated carbocycles. The Bertz CT molecular complexity index is 951. The van der Waals surface area contributed by atoms with E-state index < -0.39 is 0 Å². The van der Waals surface area contributed by atoms with E-state index >= 15 is 0 Å². The molecular weight excluding hydrogens is 334 g/mol. The molecule has 4 rings (SSSR count). The number of anilines is 1. The third kappa shape index (κ3) is 2.90. The maximum absolute atomic E-state index is 12.3. The number of fused-ring (bicyclic) bond motifs is 1. The van der Waals surface area contributed by atoms with Gasteiger partial charge in [0.25, 0.3) is 5.91 Å². The number of hydrogen-bond acceptors (Lipinski definition) is 5. The van der Waals surface area contributed by atoms with Crippen LogP contribution in [0.1, 0.15) is 12.5 Å². The van der Waals surface area contributed by atoms with Crippen LogP contribution in [0.25, 0.3) is 6.08 Å². The average Bonchev–Trinajstić information content (AvgIpc) is 3.22. The van der Waals surface area contributed by atoms with Crippen LogP contribution < -0.4 is 19.7 Å². The van der Waals surface area contributed by atoms with Crippen molar-refractivity contribution in [2.24, 2.45) is 4.99 Å². The Kier molecular flexibility index (Phi) is 3.89. The van der Waals surface area contributed by atoms with Crippen LogP contribution in [0.2, 0.25) is 0 Å². The smallest absolute Gasteiger partial charge is 0.276 e.